The van der Waals surface area contributed by atoms with Crippen LogP contribution in [0.1, 0.15) is 119 Å². The molecule has 2 aliphatic rings. The molecule has 2 aromatic rings. The monoisotopic (exact) mass is 1580 g/mol. The third-order valence-corrected chi connectivity index (χ3v) is 25.3. The van der Waals surface area contributed by atoms with Crippen molar-refractivity contribution in [2.75, 3.05) is 105 Å². The quantitative estimate of drug-likeness (QED) is 0.0123. The molecule has 109 heavy (non-hydrogen) atoms. The minimum Gasteiger partial charge on any atom is -0.541 e. The number of rotatable bonds is 43. The third-order valence-electron chi connectivity index (χ3n) is 16.6. The van der Waals surface area contributed by atoms with Gasteiger partial charge in [-0.1, -0.05) is 57.8 Å². The van der Waals surface area contributed by atoms with Gasteiger partial charge in [0.15, 0.2) is 35.9 Å². The Bertz CT molecular complexity index is 3420. The molecule has 2 amide bonds. The largest absolute Gasteiger partial charge is 0.541 e. The van der Waals surface area contributed by atoms with Crippen molar-refractivity contribution >= 4 is 76.2 Å². The van der Waals surface area contributed by atoms with Gasteiger partial charge in [-0.2, -0.15) is 0 Å². The fourth-order valence-electron chi connectivity index (χ4n) is 9.50. The van der Waals surface area contributed by atoms with Crippen molar-refractivity contribution in [3.05, 3.63) is 68.4 Å². The maximum Gasteiger partial charge on any atom is 0.303 e. The molecular weight excluding hydrogens is 1470 g/mol. The Morgan fingerprint density at radius 2 is 0.789 bits per heavy atom. The fourth-order valence-corrected chi connectivity index (χ4v) is 11.5. The number of benzene rings is 2. The van der Waals surface area contributed by atoms with Crippen molar-refractivity contribution in [2.45, 2.75) is 207 Å². The van der Waals surface area contributed by atoms with Gasteiger partial charge in [0.25, 0.3) is 22.5 Å². The van der Waals surface area contributed by atoms with Crippen LogP contribution in [-0.2, 0) is 121 Å². The van der Waals surface area contributed by atoms with Gasteiger partial charge in [-0.05, 0) is 89.6 Å². The average Bonchev–Trinajstić information content (AvgIpc) is 0.782. The summed E-state index contributed by atoms with van der Waals surface area (Å²) in [6.45, 7) is 32.8. The molecule has 2 aliphatic heterocycles. The van der Waals surface area contributed by atoms with Crippen LogP contribution in [0.15, 0.2) is 46.6 Å². The van der Waals surface area contributed by atoms with Crippen molar-refractivity contribution in [3.8, 4) is 23.0 Å². The highest BCUT2D eigenvalue weighted by Crippen LogP contribution is 2.44. The number of carbonyl (C=O) groups excluding carboxylic acids is 10. The van der Waals surface area contributed by atoms with Crippen LogP contribution in [0.2, 0.25) is 36.3 Å². The number of nitrogens with one attached hydrogen (secondary N) is 2. The highest BCUT2D eigenvalue weighted by Gasteiger charge is 2.56. The molecule has 0 aromatic heterocycles. The van der Waals surface area contributed by atoms with E-state index in [4.69, 9.17) is 100 Å². The molecule has 39 heteroatoms. The van der Waals surface area contributed by atoms with E-state index in [2.05, 4.69) is 51.5 Å². The Morgan fingerprint density at radius 3 is 1.17 bits per heavy atom. The van der Waals surface area contributed by atoms with Crippen LogP contribution in [0, 0.1) is 0 Å². The first-order valence-electron chi connectivity index (χ1n) is 35.2. The Morgan fingerprint density at radius 1 is 0.440 bits per heavy atom. The molecule has 2 fully saturated rings. The second-order valence-electron chi connectivity index (χ2n) is 27.6. The lowest BCUT2D eigenvalue weighted by Crippen LogP contribution is -2.63. The smallest absolute Gasteiger partial charge is 0.303 e. The second-order valence-corrected chi connectivity index (χ2v) is 37.1. The van der Waals surface area contributed by atoms with Gasteiger partial charge in [0.2, 0.25) is 30.7 Å². The zero-order valence-corrected chi connectivity index (χ0v) is 67.5. The van der Waals surface area contributed by atoms with E-state index < -0.39 is 145 Å². The molecule has 0 radical (unpaired) electrons. The molecular formula is C70H108N8O29Si2. The summed E-state index contributed by atoms with van der Waals surface area (Å²) in [5.41, 5.74) is 17.5. The number of carbonyl (C=O) groups is 10. The summed E-state index contributed by atoms with van der Waals surface area (Å²) < 4.78 is 109. The molecule has 0 saturated carbocycles. The van der Waals surface area contributed by atoms with Gasteiger partial charge in [-0.3, -0.25) is 47.9 Å². The summed E-state index contributed by atoms with van der Waals surface area (Å²) in [6.07, 6.45) is -13.3. The van der Waals surface area contributed by atoms with Gasteiger partial charge in [0, 0.05) is 103 Å². The van der Waals surface area contributed by atoms with E-state index in [0.29, 0.717) is 65.0 Å². The van der Waals surface area contributed by atoms with E-state index in [1.807, 2.05) is 47.0 Å². The lowest BCUT2D eigenvalue weighted by molar-refractivity contribution is -0.288. The molecule has 0 unspecified atom stereocenters. The van der Waals surface area contributed by atoms with Crippen molar-refractivity contribution in [1.29, 1.82) is 0 Å². The van der Waals surface area contributed by atoms with Crippen LogP contribution >= 0.6 is 0 Å². The average molecular weight is 1580 g/mol. The molecule has 37 nitrogen and oxygen atoms in total. The van der Waals surface area contributed by atoms with E-state index >= 15 is 0 Å². The highest BCUT2D eigenvalue weighted by molar-refractivity contribution is 6.75. The number of ether oxygens (including phenoxy) is 17. The number of aryl methyl sites for hydroxylation is 1. The molecule has 2 saturated heterocycles. The molecule has 2 N–H and O–H groups in total. The van der Waals surface area contributed by atoms with E-state index in [-0.39, 0.29) is 84.7 Å². The first-order chi connectivity index (χ1) is 51.2. The predicted molar refractivity (Wildman–Crippen MR) is 389 cm³/mol. The first-order valence-corrected chi connectivity index (χ1v) is 41.1. The van der Waals surface area contributed by atoms with Crippen LogP contribution in [0.5, 0.6) is 23.0 Å². The number of amides is 2. The number of nitrogens with zero attached hydrogens (tertiary/aromatic N) is 6. The molecule has 4 rings (SSSR count). The van der Waals surface area contributed by atoms with E-state index in [1.165, 1.54) is 32.0 Å². The summed E-state index contributed by atoms with van der Waals surface area (Å²) in [7, 11) is -5.10. The maximum atomic E-state index is 13.2. The molecule has 0 aliphatic carbocycles. The molecule has 610 valence electrons. The predicted octanol–water partition coefficient (Wildman–Crippen LogP) is 7.55. The third kappa shape index (κ3) is 35.1. The lowest BCUT2D eigenvalue weighted by atomic mass is 9.98. The Kier molecular flexibility index (Phi) is 40.9. The molecule has 2 heterocycles. The van der Waals surface area contributed by atoms with Gasteiger partial charge >= 0.3 is 47.8 Å². The van der Waals surface area contributed by atoms with Gasteiger partial charge < -0.3 is 100 Å². The second kappa shape index (κ2) is 47.2. The van der Waals surface area contributed by atoms with Gasteiger partial charge in [0.1, 0.15) is 36.9 Å². The van der Waals surface area contributed by atoms with Crippen LogP contribution < -0.4 is 29.0 Å². The lowest BCUT2D eigenvalue weighted by Gasteiger charge is -2.44. The van der Waals surface area contributed by atoms with Crippen LogP contribution in [0.4, 0.5) is 0 Å². The van der Waals surface area contributed by atoms with E-state index in [0.717, 1.165) is 47.1 Å². The Balaban J connectivity index is 0.000000568. The normalized spacial score (nSPS) is 19.7. The standard InChI is InChI=1S/C37H58N4O15Si.C33H50N4O14Si/c1-24(42)50-23-31-33(51-25(2)43)34(52-26(3)44)35(53-27(4)45)36(55-31)54-29-12-10-28(22-30(29)56-57(8,9)37(5,6)7)11-13-32(46)39-14-16-47-18-20-49-21-19-48-17-15-40-41-38;1-20(38)45-19-27-28(46-21(2)39)29(47-22(3)40)30(48-23(4)41)32(50-27)49-25-11-10-24(18-26(25)51-52(8,9)33(5,6)7)31(42)35-12-14-43-16-17-44-15-13-36-37-34/h10,12,22,31,33-36H,11,13-21,23H2,1-9H3,(H,39,46);10-11,18,27-30,32H,12-17,19H2,1-9H3,(H,35,42)/t31-,33+,34+,35-,36-;27-,28+,29+,30-,32-/m11/s1. The van der Waals surface area contributed by atoms with E-state index in [9.17, 15) is 47.9 Å². The summed E-state index contributed by atoms with van der Waals surface area (Å²) in [5.74, 6) is -5.74. The summed E-state index contributed by atoms with van der Waals surface area (Å²) >= 11 is 0. The number of azide groups is 2. The maximum absolute atomic E-state index is 13.2. The minimum absolute atomic E-state index is 0.0890. The summed E-state index contributed by atoms with van der Waals surface area (Å²) in [5, 5.41) is 11.9. The summed E-state index contributed by atoms with van der Waals surface area (Å²) in [6, 6.07) is 9.64. The number of esters is 8. The highest BCUT2D eigenvalue weighted by atomic mass is 28.4. The van der Waals surface area contributed by atoms with Crippen LogP contribution in [0.3, 0.4) is 0 Å². The molecule has 10 atom stereocenters. The fraction of sp³-hybridized carbons (Fsp3) is 0.686. The number of hydrogen-bond acceptors (Lipinski definition) is 31. The number of hydrogen-bond donors (Lipinski definition) is 2. The van der Waals surface area contributed by atoms with Gasteiger partial charge in [0.05, 0.1) is 66.1 Å². The topological polar surface area (TPSA) is 468 Å². The first kappa shape index (κ1) is 94.3. The Hall–Kier alpha value is -8.89. The van der Waals surface area contributed by atoms with Crippen molar-refractivity contribution in [1.82, 2.24) is 10.6 Å². The summed E-state index contributed by atoms with van der Waals surface area (Å²) in [4.78, 5) is 128. The van der Waals surface area contributed by atoms with Crippen molar-refractivity contribution in [3.63, 3.8) is 0 Å². The molecule has 2 aromatic carbocycles. The minimum atomic E-state index is -2.58. The Labute approximate surface area is 636 Å². The molecule has 0 bridgehead atoms. The zero-order chi connectivity index (χ0) is 81.7. The zero-order valence-electron chi connectivity index (χ0n) is 65.5. The van der Waals surface area contributed by atoms with E-state index in [1.54, 1.807) is 18.2 Å². The van der Waals surface area contributed by atoms with Gasteiger partial charge in [-0.25, -0.2) is 0 Å². The van der Waals surface area contributed by atoms with Gasteiger partial charge in [-0.15, -0.1) is 0 Å². The van der Waals surface area contributed by atoms with Crippen molar-refractivity contribution < 1.29 is 137 Å². The van der Waals surface area contributed by atoms with Crippen LogP contribution in [0.25, 0.3) is 20.9 Å². The SMILES string of the molecule is CC(=O)OC[C@H]1O[C@@H](Oc2ccc(C(=O)NCCOCCOCCN=[N+]=[N-])cc2O[Si](C)(C)C(C)(C)C)[C@H](OC(C)=O)[C@@H](OC(C)=O)[C@H]1OC(C)=O.CC(=O)OC[C@H]1O[C@@H](Oc2ccc(CCC(=O)NCCOCCOCCOCCN=[N+]=[N-])cc2O[Si](C)(C)C(C)(C)C)[C@H](OC(C)=O)[C@@H](OC(C)=O)[C@H]1OC(C)=O. The molecule has 0 spiro atoms. The van der Waals surface area contributed by atoms with Crippen molar-refractivity contribution in [2.24, 2.45) is 10.2 Å². The van der Waals surface area contributed by atoms with Crippen LogP contribution in [-0.4, -0.2) is 243 Å².